The number of carbonyl (C=O) groups excluding carboxylic acids is 1. The van der Waals surface area contributed by atoms with Crippen LogP contribution in [0, 0.1) is 0 Å². The van der Waals surface area contributed by atoms with Crippen LogP contribution in [0.5, 0.6) is 0 Å². The molecular weight excluding hydrogens is 356 g/mol. The van der Waals surface area contributed by atoms with Crippen molar-refractivity contribution < 1.29 is 19.4 Å². The molecule has 11 heteroatoms. The second kappa shape index (κ2) is 7.87. The van der Waals surface area contributed by atoms with Gasteiger partial charge in [0.25, 0.3) is 0 Å². The monoisotopic (exact) mass is 372 g/mol. The van der Waals surface area contributed by atoms with Crippen LogP contribution >= 0.6 is 0 Å². The van der Waals surface area contributed by atoms with Crippen molar-refractivity contribution in [2.24, 2.45) is 5.11 Å². The quantitative estimate of drug-likeness (QED) is 0.336. The van der Waals surface area contributed by atoms with E-state index < -0.39 is 42.7 Å². The van der Waals surface area contributed by atoms with Crippen molar-refractivity contribution in [1.29, 1.82) is 0 Å². The third-order valence-corrected chi connectivity index (χ3v) is 4.05. The van der Waals surface area contributed by atoms with Crippen LogP contribution in [-0.4, -0.2) is 45.5 Å². The van der Waals surface area contributed by atoms with E-state index >= 15 is 0 Å². The first-order valence-electron chi connectivity index (χ1n) is 7.96. The molecule has 2 heterocycles. The Morgan fingerprint density at radius 1 is 1.41 bits per heavy atom. The van der Waals surface area contributed by atoms with Gasteiger partial charge in [-0.25, -0.2) is 9.59 Å². The first-order valence-corrected chi connectivity index (χ1v) is 7.96. The smallest absolute Gasteiger partial charge is 0.351 e. The molecule has 140 valence electrons. The first kappa shape index (κ1) is 18.4. The standard InChI is InChI=1S/C16H16N6O5/c17-11-6-7-22(16(25)19-11)14-12(20-21-18)13(10(8-23)26-14)27-15(24)9-4-2-1-3-5-9/h1-7,10,12-14,23H,8H2,(H2,17,19,25)/t10-,12+,13-,14+/m1/s1. The molecule has 4 atom stereocenters. The van der Waals surface area contributed by atoms with Crippen molar-refractivity contribution in [3.05, 3.63) is 69.1 Å². The van der Waals surface area contributed by atoms with Crippen molar-refractivity contribution in [3.8, 4) is 0 Å². The normalized spacial score (nSPS) is 24.2. The zero-order valence-corrected chi connectivity index (χ0v) is 14.0. The summed E-state index contributed by atoms with van der Waals surface area (Å²) in [5.41, 5.74) is 13.9. The highest BCUT2D eigenvalue weighted by atomic mass is 16.6. The molecule has 0 saturated carbocycles. The molecule has 1 aromatic heterocycles. The minimum Gasteiger partial charge on any atom is -0.455 e. The zero-order valence-electron chi connectivity index (χ0n) is 14.0. The van der Waals surface area contributed by atoms with Crippen LogP contribution in [0.25, 0.3) is 10.4 Å². The summed E-state index contributed by atoms with van der Waals surface area (Å²) >= 11 is 0. The number of ether oxygens (including phenoxy) is 2. The third-order valence-electron chi connectivity index (χ3n) is 4.05. The van der Waals surface area contributed by atoms with Gasteiger partial charge in [0.05, 0.1) is 12.2 Å². The second-order valence-electron chi connectivity index (χ2n) is 5.72. The molecule has 0 radical (unpaired) electrons. The Balaban J connectivity index is 1.93. The summed E-state index contributed by atoms with van der Waals surface area (Å²) in [5.74, 6) is -0.662. The van der Waals surface area contributed by atoms with E-state index in [2.05, 4.69) is 15.0 Å². The molecule has 1 aliphatic rings. The molecule has 27 heavy (non-hydrogen) atoms. The number of rotatable bonds is 5. The van der Waals surface area contributed by atoms with Gasteiger partial charge in [-0.15, -0.1) is 0 Å². The summed E-state index contributed by atoms with van der Waals surface area (Å²) < 4.78 is 12.1. The number of hydrogen-bond donors (Lipinski definition) is 2. The van der Waals surface area contributed by atoms with E-state index in [9.17, 15) is 14.7 Å². The van der Waals surface area contributed by atoms with Gasteiger partial charge in [-0.2, -0.15) is 4.98 Å². The fourth-order valence-electron chi connectivity index (χ4n) is 2.81. The van der Waals surface area contributed by atoms with Crippen molar-refractivity contribution in [1.82, 2.24) is 9.55 Å². The highest BCUT2D eigenvalue weighted by Crippen LogP contribution is 2.33. The van der Waals surface area contributed by atoms with Crippen LogP contribution in [-0.2, 0) is 9.47 Å². The summed E-state index contributed by atoms with van der Waals surface area (Å²) in [7, 11) is 0. The van der Waals surface area contributed by atoms with Gasteiger partial charge in [-0.3, -0.25) is 4.57 Å². The molecule has 0 spiro atoms. The highest BCUT2D eigenvalue weighted by molar-refractivity contribution is 5.89. The predicted molar refractivity (Wildman–Crippen MR) is 92.5 cm³/mol. The van der Waals surface area contributed by atoms with Gasteiger partial charge >= 0.3 is 11.7 Å². The molecule has 1 aromatic carbocycles. The number of anilines is 1. The summed E-state index contributed by atoms with van der Waals surface area (Å²) in [6.45, 7) is -0.516. The number of aliphatic hydroxyl groups is 1. The Labute approximate surface area is 152 Å². The molecule has 3 N–H and O–H groups in total. The van der Waals surface area contributed by atoms with Crippen molar-refractivity contribution in [3.63, 3.8) is 0 Å². The number of carbonyl (C=O) groups is 1. The van der Waals surface area contributed by atoms with Gasteiger partial charge < -0.3 is 20.3 Å². The molecule has 0 bridgehead atoms. The van der Waals surface area contributed by atoms with E-state index in [4.69, 9.17) is 20.7 Å². The predicted octanol–water partition coefficient (Wildman–Crippen LogP) is 0.620. The number of nitrogen functional groups attached to an aromatic ring is 1. The van der Waals surface area contributed by atoms with E-state index in [0.717, 1.165) is 4.57 Å². The number of aromatic nitrogens is 2. The van der Waals surface area contributed by atoms with Crippen LogP contribution in [0.15, 0.2) is 52.5 Å². The maximum atomic E-state index is 12.4. The van der Waals surface area contributed by atoms with Crippen LogP contribution in [0.4, 0.5) is 5.82 Å². The largest absolute Gasteiger partial charge is 0.455 e. The number of esters is 1. The molecule has 11 nitrogen and oxygen atoms in total. The van der Waals surface area contributed by atoms with E-state index in [1.807, 2.05) is 0 Å². The van der Waals surface area contributed by atoms with Crippen LogP contribution in [0.1, 0.15) is 16.6 Å². The highest BCUT2D eigenvalue weighted by Gasteiger charge is 2.47. The second-order valence-corrected chi connectivity index (χ2v) is 5.72. The fraction of sp³-hybridized carbons (Fsp3) is 0.312. The summed E-state index contributed by atoms with van der Waals surface area (Å²) in [4.78, 5) is 30.8. The number of aliphatic hydroxyl groups excluding tert-OH is 1. The third kappa shape index (κ3) is 3.75. The Bertz CT molecular complexity index is 926. The van der Waals surface area contributed by atoms with Gasteiger partial charge in [-0.05, 0) is 23.7 Å². The van der Waals surface area contributed by atoms with Gasteiger partial charge in [0, 0.05) is 11.1 Å². The molecule has 1 fully saturated rings. The summed E-state index contributed by atoms with van der Waals surface area (Å²) in [6, 6.07) is 8.46. The van der Waals surface area contributed by atoms with Crippen molar-refractivity contribution in [2.75, 3.05) is 12.3 Å². The van der Waals surface area contributed by atoms with E-state index in [-0.39, 0.29) is 11.4 Å². The Kier molecular flexibility index (Phi) is 5.36. The van der Waals surface area contributed by atoms with Crippen LogP contribution < -0.4 is 11.4 Å². The lowest BCUT2D eigenvalue weighted by Crippen LogP contribution is -2.38. The van der Waals surface area contributed by atoms with Gasteiger partial charge in [0.2, 0.25) is 0 Å². The molecule has 1 aliphatic heterocycles. The van der Waals surface area contributed by atoms with Crippen LogP contribution in [0.2, 0.25) is 0 Å². The molecule has 1 saturated heterocycles. The SMILES string of the molecule is [N-]=[N+]=N[C@H]1[C@H](OC(=O)c2ccccc2)[C@@H](CO)O[C@@H]1n1ccc(N)nc1=O. The van der Waals surface area contributed by atoms with Crippen LogP contribution in [0.3, 0.4) is 0 Å². The molecule has 3 rings (SSSR count). The average Bonchev–Trinajstić information content (AvgIpc) is 3.00. The van der Waals surface area contributed by atoms with Gasteiger partial charge in [-0.1, -0.05) is 23.3 Å². The van der Waals surface area contributed by atoms with E-state index in [0.29, 0.717) is 0 Å². The minimum atomic E-state index is -1.12. The lowest BCUT2D eigenvalue weighted by Gasteiger charge is -2.20. The Hall–Kier alpha value is -3.40. The average molecular weight is 372 g/mol. The molecule has 0 aliphatic carbocycles. The number of nitrogens with zero attached hydrogens (tertiary/aromatic N) is 5. The lowest BCUT2D eigenvalue weighted by molar-refractivity contribution is -0.0523. The molecule has 0 amide bonds. The summed E-state index contributed by atoms with van der Waals surface area (Å²) in [6.07, 6.45) is -1.90. The van der Waals surface area contributed by atoms with E-state index in [1.165, 1.54) is 12.3 Å². The maximum Gasteiger partial charge on any atom is 0.351 e. The van der Waals surface area contributed by atoms with E-state index in [1.54, 1.807) is 30.3 Å². The molecule has 2 aromatic rings. The number of hydrogen-bond acceptors (Lipinski definition) is 8. The lowest BCUT2D eigenvalue weighted by atomic mass is 10.1. The van der Waals surface area contributed by atoms with Gasteiger partial charge in [0.1, 0.15) is 24.1 Å². The van der Waals surface area contributed by atoms with Crippen molar-refractivity contribution in [2.45, 2.75) is 24.5 Å². The van der Waals surface area contributed by atoms with Crippen molar-refractivity contribution >= 4 is 11.8 Å². The first-order chi connectivity index (χ1) is 13.0. The maximum absolute atomic E-state index is 12.4. The molecule has 0 unspecified atom stereocenters. The number of azide groups is 1. The number of nitrogens with two attached hydrogens (primary N) is 1. The topological polar surface area (TPSA) is 165 Å². The number of benzene rings is 1. The minimum absolute atomic E-state index is 0.0142. The summed E-state index contributed by atoms with van der Waals surface area (Å²) in [5, 5.41) is 13.2. The molecular formula is C16H16N6O5. The Morgan fingerprint density at radius 2 is 2.15 bits per heavy atom. The van der Waals surface area contributed by atoms with Gasteiger partial charge in [0.15, 0.2) is 6.23 Å². The Morgan fingerprint density at radius 3 is 2.78 bits per heavy atom. The fourth-order valence-corrected chi connectivity index (χ4v) is 2.81. The zero-order chi connectivity index (χ0) is 19.4.